The zero-order chi connectivity index (χ0) is 19.9. The Labute approximate surface area is 158 Å². The molecule has 0 spiro atoms. The summed E-state index contributed by atoms with van der Waals surface area (Å²) in [6.45, 7) is 13.3. The molecule has 4 heteroatoms. The van der Waals surface area contributed by atoms with Gasteiger partial charge in [0.05, 0.1) is 0 Å². The predicted octanol–water partition coefficient (Wildman–Crippen LogP) is 5.29. The van der Waals surface area contributed by atoms with E-state index in [0.717, 1.165) is 24.8 Å². The van der Waals surface area contributed by atoms with E-state index in [-0.39, 0.29) is 29.6 Å². The highest BCUT2D eigenvalue weighted by molar-refractivity contribution is 5.87. The number of rotatable bonds is 3. The van der Waals surface area contributed by atoms with Crippen LogP contribution in [0.25, 0.3) is 0 Å². The Kier molecular flexibility index (Phi) is 8.32. The van der Waals surface area contributed by atoms with Gasteiger partial charge in [0.15, 0.2) is 0 Å². The fourth-order valence-corrected chi connectivity index (χ4v) is 2.99. The lowest BCUT2D eigenvalue weighted by Gasteiger charge is -2.32. The van der Waals surface area contributed by atoms with E-state index in [1.165, 1.54) is 12.5 Å². The molecule has 0 N–H and O–H groups in total. The van der Waals surface area contributed by atoms with Gasteiger partial charge in [-0.2, -0.15) is 0 Å². The summed E-state index contributed by atoms with van der Waals surface area (Å²) in [6, 6.07) is 0. The van der Waals surface area contributed by atoms with Crippen LogP contribution in [0.4, 0.5) is 0 Å². The quantitative estimate of drug-likeness (QED) is 0.389. The number of carbonyl (C=O) groups excluding carboxylic acids is 2. The standard InChI is InChI=1S/C22H34O4/c1-8-16(3)21(24)26-19-12-11-15(2)10-9-13-22(6,7)20(14-17(19)4)25-18(5)23/h8,11,14,19-20H,9-10,12-13H2,1-7H3/b15-11+,16-8-,17-14-/t19-,20+/m1/s1. The third-order valence-corrected chi connectivity index (χ3v) is 5.06. The molecule has 146 valence electrons. The molecular weight excluding hydrogens is 328 g/mol. The number of hydrogen-bond acceptors (Lipinski definition) is 4. The minimum absolute atomic E-state index is 0.189. The van der Waals surface area contributed by atoms with Gasteiger partial charge in [-0.15, -0.1) is 0 Å². The molecule has 0 radical (unpaired) electrons. The average Bonchev–Trinajstić information content (AvgIpc) is 2.56. The van der Waals surface area contributed by atoms with E-state index in [0.29, 0.717) is 12.0 Å². The SMILES string of the molecule is C/C=C(/C)C(=O)O[C@@H]1C/C=C(\C)CCCC(C)(C)[C@@H](OC(C)=O)/C=C\1C. The van der Waals surface area contributed by atoms with Crippen molar-refractivity contribution in [1.29, 1.82) is 0 Å². The minimum atomic E-state index is -0.362. The molecule has 0 bridgehead atoms. The van der Waals surface area contributed by atoms with E-state index in [1.807, 2.05) is 19.9 Å². The van der Waals surface area contributed by atoms with Crippen molar-refractivity contribution in [1.82, 2.24) is 0 Å². The molecule has 1 aliphatic carbocycles. The lowest BCUT2D eigenvalue weighted by atomic mass is 9.80. The van der Waals surface area contributed by atoms with Crippen molar-refractivity contribution in [3.8, 4) is 0 Å². The maximum Gasteiger partial charge on any atom is 0.333 e. The van der Waals surface area contributed by atoms with Gasteiger partial charge >= 0.3 is 11.9 Å². The smallest absolute Gasteiger partial charge is 0.333 e. The summed E-state index contributed by atoms with van der Waals surface area (Å²) < 4.78 is 11.4. The van der Waals surface area contributed by atoms with Crippen LogP contribution in [0.2, 0.25) is 0 Å². The molecule has 1 aliphatic rings. The molecule has 26 heavy (non-hydrogen) atoms. The largest absolute Gasteiger partial charge is 0.458 e. The van der Waals surface area contributed by atoms with E-state index in [2.05, 4.69) is 26.8 Å². The summed E-state index contributed by atoms with van der Waals surface area (Å²) in [5.74, 6) is -0.607. The summed E-state index contributed by atoms with van der Waals surface area (Å²) in [4.78, 5) is 23.9. The molecule has 2 atom stereocenters. The first-order chi connectivity index (χ1) is 12.1. The molecule has 0 amide bonds. The van der Waals surface area contributed by atoms with Gasteiger partial charge in [-0.3, -0.25) is 4.79 Å². The van der Waals surface area contributed by atoms with Gasteiger partial charge in [0, 0.05) is 24.3 Å². The van der Waals surface area contributed by atoms with Crippen LogP contribution in [-0.4, -0.2) is 24.1 Å². The van der Waals surface area contributed by atoms with Crippen molar-refractivity contribution < 1.29 is 19.1 Å². The van der Waals surface area contributed by atoms with Crippen LogP contribution in [-0.2, 0) is 19.1 Å². The van der Waals surface area contributed by atoms with Crippen molar-refractivity contribution >= 4 is 11.9 Å². The number of ether oxygens (including phenoxy) is 2. The molecule has 0 aromatic carbocycles. The van der Waals surface area contributed by atoms with Crippen molar-refractivity contribution in [3.63, 3.8) is 0 Å². The Balaban J connectivity index is 3.23. The second-order valence-electron chi connectivity index (χ2n) is 7.93. The molecule has 0 aromatic heterocycles. The molecule has 0 aromatic rings. The molecule has 0 aliphatic heterocycles. The monoisotopic (exact) mass is 362 g/mol. The number of allylic oxidation sites excluding steroid dienone is 2. The lowest BCUT2D eigenvalue weighted by Crippen LogP contribution is -2.33. The van der Waals surface area contributed by atoms with Gasteiger partial charge < -0.3 is 9.47 Å². The van der Waals surface area contributed by atoms with Crippen molar-refractivity contribution in [2.75, 3.05) is 0 Å². The van der Waals surface area contributed by atoms with Gasteiger partial charge in [-0.1, -0.05) is 31.6 Å². The van der Waals surface area contributed by atoms with Crippen molar-refractivity contribution in [2.24, 2.45) is 5.41 Å². The number of carbonyl (C=O) groups is 2. The van der Waals surface area contributed by atoms with Gasteiger partial charge in [-0.25, -0.2) is 4.79 Å². The molecule has 4 nitrogen and oxygen atoms in total. The van der Waals surface area contributed by atoms with Gasteiger partial charge in [0.25, 0.3) is 0 Å². The van der Waals surface area contributed by atoms with Crippen LogP contribution in [0.5, 0.6) is 0 Å². The first-order valence-electron chi connectivity index (χ1n) is 9.42. The molecule has 0 heterocycles. The minimum Gasteiger partial charge on any atom is -0.458 e. The highest BCUT2D eigenvalue weighted by Crippen LogP contribution is 2.33. The molecular formula is C22H34O4. The Bertz CT molecular complexity index is 608. The van der Waals surface area contributed by atoms with Gasteiger partial charge in [0.2, 0.25) is 0 Å². The maximum absolute atomic E-state index is 12.3. The second kappa shape index (κ2) is 9.75. The van der Waals surface area contributed by atoms with Crippen LogP contribution < -0.4 is 0 Å². The average molecular weight is 363 g/mol. The first kappa shape index (κ1) is 22.2. The zero-order valence-corrected chi connectivity index (χ0v) is 17.3. The van der Waals surface area contributed by atoms with Crippen LogP contribution in [0.3, 0.4) is 0 Å². The fraction of sp³-hybridized carbons (Fsp3) is 0.636. The lowest BCUT2D eigenvalue weighted by molar-refractivity contribution is -0.149. The predicted molar refractivity (Wildman–Crippen MR) is 105 cm³/mol. The topological polar surface area (TPSA) is 52.6 Å². The highest BCUT2D eigenvalue weighted by atomic mass is 16.5. The van der Waals surface area contributed by atoms with Crippen molar-refractivity contribution in [3.05, 3.63) is 34.9 Å². The normalized spacial score (nSPS) is 28.7. The van der Waals surface area contributed by atoms with Crippen LogP contribution >= 0.6 is 0 Å². The third-order valence-electron chi connectivity index (χ3n) is 5.06. The summed E-state index contributed by atoms with van der Waals surface area (Å²) in [5, 5.41) is 0. The van der Waals surface area contributed by atoms with E-state index in [4.69, 9.17) is 9.47 Å². The van der Waals surface area contributed by atoms with Crippen LogP contribution in [0.15, 0.2) is 34.9 Å². The fourth-order valence-electron chi connectivity index (χ4n) is 2.99. The summed E-state index contributed by atoms with van der Waals surface area (Å²) in [5.41, 5.74) is 2.60. The van der Waals surface area contributed by atoms with E-state index in [9.17, 15) is 9.59 Å². The second-order valence-corrected chi connectivity index (χ2v) is 7.93. The highest BCUT2D eigenvalue weighted by Gasteiger charge is 2.31. The molecule has 1 rings (SSSR count). The number of esters is 2. The Morgan fingerprint density at radius 1 is 1.19 bits per heavy atom. The van der Waals surface area contributed by atoms with E-state index < -0.39 is 0 Å². The van der Waals surface area contributed by atoms with E-state index >= 15 is 0 Å². The Morgan fingerprint density at radius 3 is 2.42 bits per heavy atom. The van der Waals surface area contributed by atoms with Crippen molar-refractivity contribution in [2.45, 2.75) is 86.4 Å². The van der Waals surface area contributed by atoms with Crippen LogP contribution in [0.1, 0.15) is 74.1 Å². The van der Waals surface area contributed by atoms with E-state index in [1.54, 1.807) is 13.0 Å². The van der Waals surface area contributed by atoms with Crippen LogP contribution in [0, 0.1) is 5.41 Å². The molecule has 0 fully saturated rings. The third kappa shape index (κ3) is 6.81. The maximum atomic E-state index is 12.3. The summed E-state index contributed by atoms with van der Waals surface area (Å²) >= 11 is 0. The Morgan fingerprint density at radius 2 is 1.85 bits per heavy atom. The molecule has 0 unspecified atom stereocenters. The van der Waals surface area contributed by atoms with Gasteiger partial charge in [0.1, 0.15) is 12.2 Å². The van der Waals surface area contributed by atoms with Gasteiger partial charge in [-0.05, 0) is 58.6 Å². The molecule has 0 saturated heterocycles. The Hall–Kier alpha value is -1.84. The molecule has 0 saturated carbocycles. The summed E-state index contributed by atoms with van der Waals surface area (Å²) in [6.07, 6.45) is 8.75. The summed E-state index contributed by atoms with van der Waals surface area (Å²) in [7, 11) is 0. The first-order valence-corrected chi connectivity index (χ1v) is 9.42. The number of hydrogen-bond donors (Lipinski definition) is 0. The zero-order valence-electron chi connectivity index (χ0n) is 17.3.